The molecule has 4 nitrogen and oxygen atoms in total. The van der Waals surface area contributed by atoms with Crippen LogP contribution in [0.3, 0.4) is 0 Å². The second kappa shape index (κ2) is 5.33. The van der Waals surface area contributed by atoms with Gasteiger partial charge in [-0.2, -0.15) is 0 Å². The Bertz CT molecular complexity index is 677. The van der Waals surface area contributed by atoms with Crippen molar-refractivity contribution < 1.29 is 9.59 Å². The molecule has 2 aromatic rings. The zero-order chi connectivity index (χ0) is 15.0. The van der Waals surface area contributed by atoms with Gasteiger partial charge in [0.05, 0.1) is 11.1 Å². The lowest BCUT2D eigenvalue weighted by atomic mass is 10.1. The first-order valence-electron chi connectivity index (χ1n) is 6.50. The maximum atomic E-state index is 12.3. The Morgan fingerprint density at radius 1 is 0.952 bits per heavy atom. The largest absolute Gasteiger partial charge is 0.356 e. The molecule has 106 valence electrons. The van der Waals surface area contributed by atoms with E-state index < -0.39 is 0 Å². The van der Waals surface area contributed by atoms with Crippen molar-refractivity contribution in [1.82, 2.24) is 4.90 Å². The van der Waals surface area contributed by atoms with Crippen molar-refractivity contribution in [3.05, 3.63) is 64.1 Å². The van der Waals surface area contributed by atoms with Crippen LogP contribution < -0.4 is 4.90 Å². The van der Waals surface area contributed by atoms with Crippen molar-refractivity contribution >= 4 is 33.4 Å². The van der Waals surface area contributed by atoms with Gasteiger partial charge in [-0.15, -0.1) is 0 Å². The quantitative estimate of drug-likeness (QED) is 0.803. The van der Waals surface area contributed by atoms with Gasteiger partial charge in [0.25, 0.3) is 11.8 Å². The van der Waals surface area contributed by atoms with Crippen LogP contribution >= 0.6 is 15.9 Å². The third kappa shape index (κ3) is 2.45. The number of carbonyl (C=O) groups is 2. The molecular formula is C16H13BrN2O2. The zero-order valence-corrected chi connectivity index (χ0v) is 13.0. The molecule has 1 heterocycles. The molecule has 1 aliphatic heterocycles. The average molecular weight is 345 g/mol. The monoisotopic (exact) mass is 344 g/mol. The van der Waals surface area contributed by atoms with Gasteiger partial charge in [-0.1, -0.05) is 28.1 Å². The Labute approximate surface area is 131 Å². The second-order valence-electron chi connectivity index (χ2n) is 4.90. The highest BCUT2D eigenvalue weighted by Gasteiger charge is 2.35. The zero-order valence-electron chi connectivity index (χ0n) is 11.4. The maximum Gasteiger partial charge on any atom is 0.263 e. The molecule has 0 saturated heterocycles. The van der Waals surface area contributed by atoms with Gasteiger partial charge in [0.15, 0.2) is 0 Å². The number of rotatable bonds is 3. The summed E-state index contributed by atoms with van der Waals surface area (Å²) in [4.78, 5) is 27.7. The number of nitrogens with zero attached hydrogens (tertiary/aromatic N) is 2. The van der Waals surface area contributed by atoms with E-state index in [9.17, 15) is 9.59 Å². The predicted octanol–water partition coefficient (Wildman–Crippen LogP) is 3.14. The Morgan fingerprint density at radius 3 is 2.00 bits per heavy atom. The maximum absolute atomic E-state index is 12.3. The van der Waals surface area contributed by atoms with Gasteiger partial charge in [0.2, 0.25) is 0 Å². The first-order valence-corrected chi connectivity index (χ1v) is 7.29. The van der Waals surface area contributed by atoms with Crippen molar-refractivity contribution in [3.63, 3.8) is 0 Å². The van der Waals surface area contributed by atoms with Gasteiger partial charge in [0, 0.05) is 17.2 Å². The molecule has 0 N–H and O–H groups in total. The number of amides is 2. The number of imide groups is 1. The summed E-state index contributed by atoms with van der Waals surface area (Å²) in [6.45, 7) is 0.230. The van der Waals surface area contributed by atoms with Gasteiger partial charge in [-0.05, 0) is 36.4 Å². The molecular weight excluding hydrogens is 332 g/mol. The van der Waals surface area contributed by atoms with E-state index in [0.29, 0.717) is 11.1 Å². The first kappa shape index (κ1) is 13.8. The highest BCUT2D eigenvalue weighted by molar-refractivity contribution is 9.10. The van der Waals surface area contributed by atoms with Crippen LogP contribution in [0.1, 0.15) is 20.7 Å². The van der Waals surface area contributed by atoms with Crippen LogP contribution in [0.15, 0.2) is 53.0 Å². The summed E-state index contributed by atoms with van der Waals surface area (Å²) < 4.78 is 0.986. The van der Waals surface area contributed by atoms with Gasteiger partial charge >= 0.3 is 0 Å². The fourth-order valence-electron chi connectivity index (χ4n) is 2.36. The van der Waals surface area contributed by atoms with Crippen molar-refractivity contribution in [2.75, 3.05) is 18.6 Å². The van der Waals surface area contributed by atoms with Gasteiger partial charge in [-0.25, -0.2) is 0 Å². The SMILES string of the molecule is CN(CN1C(=O)c2ccccc2C1=O)c1ccc(Br)cc1. The fraction of sp³-hybridized carbons (Fsp3) is 0.125. The van der Waals surface area contributed by atoms with E-state index in [0.717, 1.165) is 10.2 Å². The lowest BCUT2D eigenvalue weighted by molar-refractivity contribution is 0.0656. The number of fused-ring (bicyclic) bond motifs is 1. The minimum absolute atomic E-state index is 0.230. The number of anilines is 1. The van der Waals surface area contributed by atoms with Crippen molar-refractivity contribution in [2.45, 2.75) is 0 Å². The lowest BCUT2D eigenvalue weighted by Gasteiger charge is -2.24. The van der Waals surface area contributed by atoms with Crippen molar-refractivity contribution in [3.8, 4) is 0 Å². The average Bonchev–Trinajstić information content (AvgIpc) is 2.73. The molecule has 0 saturated carbocycles. The highest BCUT2D eigenvalue weighted by atomic mass is 79.9. The molecule has 0 bridgehead atoms. The van der Waals surface area contributed by atoms with E-state index >= 15 is 0 Å². The summed E-state index contributed by atoms with van der Waals surface area (Å²) in [6.07, 6.45) is 0. The third-order valence-electron chi connectivity index (χ3n) is 3.50. The van der Waals surface area contributed by atoms with Crippen LogP contribution in [0, 0.1) is 0 Å². The van der Waals surface area contributed by atoms with E-state index in [4.69, 9.17) is 0 Å². The molecule has 0 unspecified atom stereocenters. The molecule has 1 aliphatic rings. The molecule has 0 radical (unpaired) electrons. The summed E-state index contributed by atoms with van der Waals surface area (Å²) in [5, 5.41) is 0. The topological polar surface area (TPSA) is 40.6 Å². The number of hydrogen-bond donors (Lipinski definition) is 0. The van der Waals surface area contributed by atoms with E-state index in [1.165, 1.54) is 4.90 Å². The molecule has 5 heteroatoms. The molecule has 21 heavy (non-hydrogen) atoms. The summed E-state index contributed by atoms with van der Waals surface area (Å²) in [5.74, 6) is -0.473. The Morgan fingerprint density at radius 2 is 1.48 bits per heavy atom. The molecule has 0 aliphatic carbocycles. The summed E-state index contributed by atoms with van der Waals surface area (Å²) in [7, 11) is 1.85. The predicted molar refractivity (Wildman–Crippen MR) is 84.4 cm³/mol. The van der Waals surface area contributed by atoms with Crippen LogP contribution in [0.4, 0.5) is 5.69 Å². The molecule has 0 aromatic heterocycles. The standard InChI is InChI=1S/C16H13BrN2O2/c1-18(12-8-6-11(17)7-9-12)10-19-15(20)13-4-2-3-5-14(13)16(19)21/h2-9H,10H2,1H3. The van der Waals surface area contributed by atoms with Crippen LogP contribution in [-0.4, -0.2) is 30.4 Å². The van der Waals surface area contributed by atoms with Gasteiger partial charge < -0.3 is 4.90 Å². The van der Waals surface area contributed by atoms with E-state index in [1.807, 2.05) is 36.2 Å². The minimum atomic E-state index is -0.237. The highest BCUT2D eigenvalue weighted by Crippen LogP contribution is 2.24. The molecule has 3 rings (SSSR count). The molecule has 2 aromatic carbocycles. The van der Waals surface area contributed by atoms with Crippen LogP contribution in [0.25, 0.3) is 0 Å². The summed E-state index contributed by atoms with van der Waals surface area (Å²) >= 11 is 3.38. The normalized spacial score (nSPS) is 13.5. The molecule has 2 amide bonds. The number of carbonyl (C=O) groups excluding carboxylic acids is 2. The lowest BCUT2D eigenvalue weighted by Crippen LogP contribution is -2.39. The Kier molecular flexibility index (Phi) is 3.51. The second-order valence-corrected chi connectivity index (χ2v) is 5.82. The summed E-state index contributed by atoms with van der Waals surface area (Å²) in [5.41, 5.74) is 1.90. The summed E-state index contributed by atoms with van der Waals surface area (Å²) in [6, 6.07) is 14.6. The van der Waals surface area contributed by atoms with Gasteiger partial charge in [-0.3, -0.25) is 14.5 Å². The van der Waals surface area contributed by atoms with E-state index in [-0.39, 0.29) is 18.5 Å². The minimum Gasteiger partial charge on any atom is -0.356 e. The van der Waals surface area contributed by atoms with E-state index in [2.05, 4.69) is 15.9 Å². The number of hydrogen-bond acceptors (Lipinski definition) is 3. The van der Waals surface area contributed by atoms with Crippen molar-refractivity contribution in [1.29, 1.82) is 0 Å². The molecule has 0 fully saturated rings. The number of halogens is 1. The molecule has 0 atom stereocenters. The Balaban J connectivity index is 1.82. The fourth-order valence-corrected chi connectivity index (χ4v) is 2.62. The van der Waals surface area contributed by atoms with Crippen molar-refractivity contribution in [2.24, 2.45) is 0 Å². The van der Waals surface area contributed by atoms with E-state index in [1.54, 1.807) is 24.3 Å². The smallest absolute Gasteiger partial charge is 0.263 e. The first-order chi connectivity index (χ1) is 10.1. The molecule has 0 spiro atoms. The Hall–Kier alpha value is -2.14. The van der Waals surface area contributed by atoms with Crippen LogP contribution in [0.2, 0.25) is 0 Å². The van der Waals surface area contributed by atoms with Gasteiger partial charge in [0.1, 0.15) is 6.67 Å². The van der Waals surface area contributed by atoms with Crippen LogP contribution in [-0.2, 0) is 0 Å². The number of benzene rings is 2. The van der Waals surface area contributed by atoms with Crippen LogP contribution in [0.5, 0.6) is 0 Å². The third-order valence-corrected chi connectivity index (χ3v) is 4.03.